The number of nitrogens with two attached hydrogens (primary N) is 1. The number of halogens is 1. The lowest BCUT2D eigenvalue weighted by atomic mass is 9.95. The molecular weight excluding hydrogens is 310 g/mol. The molecule has 0 aliphatic carbocycles. The van der Waals surface area contributed by atoms with Crippen molar-refractivity contribution in [2.75, 3.05) is 6.61 Å². The summed E-state index contributed by atoms with van der Waals surface area (Å²) in [7, 11) is 0. The number of rotatable bonds is 6. The first-order valence-electron chi connectivity index (χ1n) is 6.12. The Hall–Kier alpha value is -1.07. The average Bonchev–Trinajstić information content (AvgIpc) is 2.29. The summed E-state index contributed by atoms with van der Waals surface area (Å²) >= 11 is 3.47. The van der Waals surface area contributed by atoms with E-state index in [0.29, 0.717) is 5.75 Å². The minimum absolute atomic E-state index is 0.0574. The van der Waals surface area contributed by atoms with Gasteiger partial charge in [0, 0.05) is 10.5 Å². The molecule has 106 valence electrons. The molecule has 1 aromatic rings. The van der Waals surface area contributed by atoms with Crippen LogP contribution in [-0.2, 0) is 11.2 Å². The molecule has 0 spiro atoms. The summed E-state index contributed by atoms with van der Waals surface area (Å²) in [6.45, 7) is 5.34. The fourth-order valence-corrected chi connectivity index (χ4v) is 1.88. The highest BCUT2D eigenvalue weighted by Crippen LogP contribution is 2.25. The Morgan fingerprint density at radius 2 is 2.16 bits per heavy atom. The van der Waals surface area contributed by atoms with Crippen molar-refractivity contribution in [3.63, 3.8) is 0 Å². The van der Waals surface area contributed by atoms with Gasteiger partial charge in [-0.05, 0) is 51.0 Å². The van der Waals surface area contributed by atoms with Gasteiger partial charge in [-0.25, -0.2) is 0 Å². The smallest absolute Gasteiger partial charge is 0.312 e. The first-order chi connectivity index (χ1) is 8.72. The Kier molecular flexibility index (Phi) is 5.38. The van der Waals surface area contributed by atoms with E-state index in [2.05, 4.69) is 15.9 Å². The molecular formula is C14H20BrNO3. The van der Waals surface area contributed by atoms with Gasteiger partial charge >= 0.3 is 5.97 Å². The fourth-order valence-electron chi connectivity index (χ4n) is 1.47. The van der Waals surface area contributed by atoms with Crippen LogP contribution in [0.5, 0.6) is 5.75 Å². The second-order valence-electron chi connectivity index (χ2n) is 5.41. The van der Waals surface area contributed by atoms with E-state index in [-0.39, 0.29) is 12.6 Å². The zero-order valence-corrected chi connectivity index (χ0v) is 13.0. The number of aliphatic carboxylic acids is 1. The number of carbonyl (C=O) groups is 1. The number of ether oxygens (including phenoxy) is 1. The Bertz CT molecular complexity index is 458. The Balaban J connectivity index is 2.77. The van der Waals surface area contributed by atoms with Gasteiger partial charge in [-0.3, -0.25) is 4.79 Å². The van der Waals surface area contributed by atoms with Crippen LogP contribution in [0.4, 0.5) is 0 Å². The van der Waals surface area contributed by atoms with Crippen LogP contribution < -0.4 is 10.5 Å². The molecule has 5 heteroatoms. The molecule has 4 nitrogen and oxygen atoms in total. The molecule has 0 aliphatic heterocycles. The number of carboxylic acids is 1. The molecule has 3 N–H and O–H groups in total. The lowest BCUT2D eigenvalue weighted by Crippen LogP contribution is -2.30. The van der Waals surface area contributed by atoms with Gasteiger partial charge in [0.25, 0.3) is 0 Å². The summed E-state index contributed by atoms with van der Waals surface area (Å²) in [6, 6.07) is 5.65. The second kappa shape index (κ2) is 6.39. The maximum absolute atomic E-state index is 11.0. The topological polar surface area (TPSA) is 72.5 Å². The van der Waals surface area contributed by atoms with Crippen LogP contribution >= 0.6 is 15.9 Å². The van der Waals surface area contributed by atoms with Gasteiger partial charge in [0.15, 0.2) is 0 Å². The monoisotopic (exact) mass is 329 g/mol. The standard InChI is InChI=1S/C14H20BrNO3/c1-9(16)6-10-7-11(4-5-12(10)15)19-8-14(2,3)13(17)18/h4-5,7,9H,6,8,16H2,1-3H3,(H,17,18). The number of carboxylic acid groups (broad SMARTS) is 1. The predicted octanol–water partition coefficient (Wildman–Crippen LogP) is 2.83. The van der Waals surface area contributed by atoms with E-state index in [4.69, 9.17) is 15.6 Å². The van der Waals surface area contributed by atoms with Crippen LogP contribution in [0.1, 0.15) is 26.3 Å². The summed E-state index contributed by atoms with van der Waals surface area (Å²) in [5.41, 5.74) is 5.93. The molecule has 0 saturated heterocycles. The minimum atomic E-state index is -0.908. The van der Waals surface area contributed by atoms with Crippen molar-refractivity contribution in [1.29, 1.82) is 0 Å². The third-order valence-corrected chi connectivity index (χ3v) is 3.51. The molecule has 0 heterocycles. The van der Waals surface area contributed by atoms with E-state index in [0.717, 1.165) is 16.5 Å². The van der Waals surface area contributed by atoms with E-state index in [1.165, 1.54) is 0 Å². The minimum Gasteiger partial charge on any atom is -0.492 e. The summed E-state index contributed by atoms with van der Waals surface area (Å²) in [5.74, 6) is -0.214. The molecule has 0 bridgehead atoms. The predicted molar refractivity (Wildman–Crippen MR) is 78.4 cm³/mol. The van der Waals surface area contributed by atoms with Crippen LogP contribution in [0, 0.1) is 5.41 Å². The molecule has 1 rings (SSSR count). The fraction of sp³-hybridized carbons (Fsp3) is 0.500. The lowest BCUT2D eigenvalue weighted by molar-refractivity contribution is -0.148. The molecule has 0 radical (unpaired) electrons. The van der Waals surface area contributed by atoms with Crippen molar-refractivity contribution in [2.24, 2.45) is 11.1 Å². The highest BCUT2D eigenvalue weighted by Gasteiger charge is 2.28. The van der Waals surface area contributed by atoms with Gasteiger partial charge in [-0.2, -0.15) is 0 Å². The normalized spacial score (nSPS) is 13.1. The zero-order chi connectivity index (χ0) is 14.6. The van der Waals surface area contributed by atoms with Gasteiger partial charge in [0.1, 0.15) is 12.4 Å². The molecule has 0 aromatic heterocycles. The Labute approximate surface area is 122 Å². The van der Waals surface area contributed by atoms with Crippen molar-refractivity contribution in [3.05, 3.63) is 28.2 Å². The first-order valence-corrected chi connectivity index (χ1v) is 6.92. The summed E-state index contributed by atoms with van der Waals surface area (Å²) in [4.78, 5) is 11.0. The largest absolute Gasteiger partial charge is 0.492 e. The van der Waals surface area contributed by atoms with Gasteiger partial charge in [0.05, 0.1) is 5.41 Å². The highest BCUT2D eigenvalue weighted by atomic mass is 79.9. The van der Waals surface area contributed by atoms with E-state index >= 15 is 0 Å². The number of hydrogen-bond donors (Lipinski definition) is 2. The average molecular weight is 330 g/mol. The Morgan fingerprint density at radius 3 is 2.68 bits per heavy atom. The van der Waals surface area contributed by atoms with E-state index in [1.54, 1.807) is 13.8 Å². The lowest BCUT2D eigenvalue weighted by Gasteiger charge is -2.20. The van der Waals surface area contributed by atoms with Crippen molar-refractivity contribution < 1.29 is 14.6 Å². The maximum atomic E-state index is 11.0. The van der Waals surface area contributed by atoms with Crippen molar-refractivity contribution in [1.82, 2.24) is 0 Å². The number of benzene rings is 1. The first kappa shape index (κ1) is 16.0. The highest BCUT2D eigenvalue weighted by molar-refractivity contribution is 9.10. The van der Waals surface area contributed by atoms with Gasteiger partial charge in [0.2, 0.25) is 0 Å². The van der Waals surface area contributed by atoms with Crippen molar-refractivity contribution >= 4 is 21.9 Å². The zero-order valence-electron chi connectivity index (χ0n) is 11.4. The van der Waals surface area contributed by atoms with Crippen LogP contribution in [0.3, 0.4) is 0 Å². The molecule has 1 atom stereocenters. The molecule has 0 aliphatic rings. The van der Waals surface area contributed by atoms with Gasteiger partial charge in [-0.15, -0.1) is 0 Å². The Morgan fingerprint density at radius 1 is 1.53 bits per heavy atom. The third kappa shape index (κ3) is 4.84. The van der Waals surface area contributed by atoms with E-state index in [1.807, 2.05) is 25.1 Å². The van der Waals surface area contributed by atoms with Gasteiger partial charge in [-0.1, -0.05) is 15.9 Å². The van der Waals surface area contributed by atoms with Crippen molar-refractivity contribution in [2.45, 2.75) is 33.2 Å². The molecule has 19 heavy (non-hydrogen) atoms. The van der Waals surface area contributed by atoms with Crippen LogP contribution in [0.15, 0.2) is 22.7 Å². The molecule has 0 amide bonds. The summed E-state index contributed by atoms with van der Waals surface area (Å²) in [5, 5.41) is 9.03. The number of hydrogen-bond acceptors (Lipinski definition) is 3. The summed E-state index contributed by atoms with van der Waals surface area (Å²) < 4.78 is 6.55. The molecule has 1 unspecified atom stereocenters. The maximum Gasteiger partial charge on any atom is 0.312 e. The molecule has 1 aromatic carbocycles. The van der Waals surface area contributed by atoms with Gasteiger partial charge < -0.3 is 15.6 Å². The molecule has 0 saturated carbocycles. The second-order valence-corrected chi connectivity index (χ2v) is 6.27. The van der Waals surface area contributed by atoms with Crippen LogP contribution in [-0.4, -0.2) is 23.7 Å². The summed E-state index contributed by atoms with van der Waals surface area (Å²) in [6.07, 6.45) is 0.736. The van der Waals surface area contributed by atoms with Crippen LogP contribution in [0.25, 0.3) is 0 Å². The molecule has 0 fully saturated rings. The van der Waals surface area contributed by atoms with E-state index in [9.17, 15) is 4.79 Å². The van der Waals surface area contributed by atoms with E-state index < -0.39 is 11.4 Å². The quantitative estimate of drug-likeness (QED) is 0.841. The van der Waals surface area contributed by atoms with Crippen molar-refractivity contribution in [3.8, 4) is 5.75 Å². The van der Waals surface area contributed by atoms with Crippen LogP contribution in [0.2, 0.25) is 0 Å². The SMILES string of the molecule is CC(N)Cc1cc(OCC(C)(C)C(=O)O)ccc1Br. The third-order valence-electron chi connectivity index (χ3n) is 2.74.